The molecule has 0 aromatic carbocycles. The normalized spacial score (nSPS) is 15.3. The molecular weight excluding hydrogens is 322 g/mol. The summed E-state index contributed by atoms with van der Waals surface area (Å²) in [4.78, 5) is 16.1. The topological polar surface area (TPSA) is 71.8 Å². The zero-order valence-corrected chi connectivity index (χ0v) is 12.3. The number of rotatable bonds is 3. The van der Waals surface area contributed by atoms with Gasteiger partial charge in [0.25, 0.3) is 5.91 Å². The molecule has 2 aromatic rings. The van der Waals surface area contributed by atoms with Gasteiger partial charge in [-0.05, 0) is 28.9 Å². The van der Waals surface area contributed by atoms with Crippen LogP contribution in [0.25, 0.3) is 5.57 Å². The molecule has 0 saturated carbocycles. The fourth-order valence-electron chi connectivity index (χ4n) is 2.04. The van der Waals surface area contributed by atoms with Gasteiger partial charge in [-0.15, -0.1) is 0 Å². The van der Waals surface area contributed by atoms with Gasteiger partial charge in [-0.2, -0.15) is 5.10 Å². The lowest BCUT2D eigenvalue weighted by Gasteiger charge is -2.04. The molecule has 0 radical (unpaired) electrons. The molecule has 0 spiro atoms. The number of aryl methyl sites for hydroxylation is 1. The molecule has 0 saturated heterocycles. The molecule has 7 heteroatoms. The average molecular weight is 334 g/mol. The first kappa shape index (κ1) is 12.9. The molecule has 1 aliphatic rings. The van der Waals surface area contributed by atoms with E-state index < -0.39 is 0 Å². The van der Waals surface area contributed by atoms with Crippen molar-refractivity contribution < 1.29 is 4.79 Å². The highest BCUT2D eigenvalue weighted by Crippen LogP contribution is 2.31. The molecule has 6 nitrogen and oxygen atoms in total. The van der Waals surface area contributed by atoms with Crippen molar-refractivity contribution >= 4 is 39.0 Å². The van der Waals surface area contributed by atoms with Crippen LogP contribution >= 0.6 is 15.9 Å². The largest absolute Gasteiger partial charge is 0.346 e. The first-order chi connectivity index (χ1) is 9.69. The van der Waals surface area contributed by atoms with Gasteiger partial charge >= 0.3 is 0 Å². The second kappa shape index (κ2) is 5.09. The maximum absolute atomic E-state index is 12.0. The molecule has 1 aliphatic heterocycles. The van der Waals surface area contributed by atoms with Crippen LogP contribution in [0.2, 0.25) is 0 Å². The molecule has 0 unspecified atom stereocenters. The molecular formula is C13H12BrN5O. The van der Waals surface area contributed by atoms with Crippen LogP contribution in [0.3, 0.4) is 0 Å². The van der Waals surface area contributed by atoms with Crippen LogP contribution in [-0.4, -0.2) is 20.7 Å². The third kappa shape index (κ3) is 2.20. The molecule has 0 aliphatic carbocycles. The highest BCUT2D eigenvalue weighted by molar-refractivity contribution is 9.10. The lowest BCUT2D eigenvalue weighted by Crippen LogP contribution is -2.07. The highest BCUT2D eigenvalue weighted by atomic mass is 79.9. The third-order valence-corrected chi connectivity index (χ3v) is 3.44. The fourth-order valence-corrected chi connectivity index (χ4v) is 2.37. The summed E-state index contributed by atoms with van der Waals surface area (Å²) in [7, 11) is 0. The van der Waals surface area contributed by atoms with Crippen LogP contribution < -0.4 is 10.6 Å². The van der Waals surface area contributed by atoms with Gasteiger partial charge in [0.1, 0.15) is 11.6 Å². The van der Waals surface area contributed by atoms with Crippen LogP contribution in [0, 0.1) is 0 Å². The molecule has 3 rings (SSSR count). The smallest absolute Gasteiger partial charge is 0.259 e. The molecule has 1 amide bonds. The SMILES string of the molecule is CCn1nccc1NC=C1C(=O)Nc2ncc(Br)cc21. The Bertz CT molecular complexity index is 707. The summed E-state index contributed by atoms with van der Waals surface area (Å²) in [6.07, 6.45) is 5.05. The Morgan fingerprint density at radius 1 is 1.55 bits per heavy atom. The fraction of sp³-hybridized carbons (Fsp3) is 0.154. The lowest BCUT2D eigenvalue weighted by molar-refractivity contribution is -0.110. The van der Waals surface area contributed by atoms with Crippen LogP contribution in [0.4, 0.5) is 11.6 Å². The van der Waals surface area contributed by atoms with E-state index in [1.54, 1.807) is 18.6 Å². The Hall–Kier alpha value is -2.15. The highest BCUT2D eigenvalue weighted by Gasteiger charge is 2.25. The van der Waals surface area contributed by atoms with E-state index in [0.717, 1.165) is 22.4 Å². The zero-order chi connectivity index (χ0) is 14.1. The molecule has 0 bridgehead atoms. The minimum absolute atomic E-state index is 0.166. The second-order valence-electron chi connectivity index (χ2n) is 4.24. The van der Waals surface area contributed by atoms with Crippen molar-refractivity contribution in [2.45, 2.75) is 13.5 Å². The third-order valence-electron chi connectivity index (χ3n) is 3.00. The van der Waals surface area contributed by atoms with Crippen molar-refractivity contribution in [3.05, 3.63) is 40.8 Å². The minimum Gasteiger partial charge on any atom is -0.346 e. The summed E-state index contributed by atoms with van der Waals surface area (Å²) >= 11 is 3.36. The molecule has 0 fully saturated rings. The average Bonchev–Trinajstić information content (AvgIpc) is 3.00. The van der Waals surface area contributed by atoms with E-state index >= 15 is 0 Å². The van der Waals surface area contributed by atoms with Gasteiger partial charge in [0.05, 0.1) is 11.8 Å². The van der Waals surface area contributed by atoms with Crippen LogP contribution in [0.1, 0.15) is 12.5 Å². The first-order valence-corrected chi connectivity index (χ1v) is 6.94. The number of fused-ring (bicyclic) bond motifs is 1. The van der Waals surface area contributed by atoms with Crippen molar-refractivity contribution in [2.24, 2.45) is 0 Å². The van der Waals surface area contributed by atoms with Gasteiger partial charge in [0, 0.05) is 35.0 Å². The molecule has 0 atom stereocenters. The van der Waals surface area contributed by atoms with Crippen molar-refractivity contribution in [3.63, 3.8) is 0 Å². The van der Waals surface area contributed by atoms with E-state index in [1.807, 2.05) is 23.7 Å². The number of aromatic nitrogens is 3. The Labute approximate surface area is 124 Å². The van der Waals surface area contributed by atoms with E-state index in [1.165, 1.54) is 0 Å². The number of hydrogen-bond acceptors (Lipinski definition) is 4. The number of hydrogen-bond donors (Lipinski definition) is 2. The first-order valence-electron chi connectivity index (χ1n) is 6.15. The standard InChI is InChI=1S/C13H12BrN5O/c1-2-19-11(3-4-17-19)15-7-10-9-5-8(14)6-16-12(9)18-13(10)20/h3-7,15H,2H2,1H3,(H,16,18,20). The van der Waals surface area contributed by atoms with E-state index in [4.69, 9.17) is 0 Å². The summed E-state index contributed by atoms with van der Waals surface area (Å²) in [5, 5.41) is 10.0. The van der Waals surface area contributed by atoms with E-state index in [9.17, 15) is 4.79 Å². The summed E-state index contributed by atoms with van der Waals surface area (Å²) in [5.41, 5.74) is 1.33. The number of amides is 1. The Kier molecular flexibility index (Phi) is 3.27. The van der Waals surface area contributed by atoms with Gasteiger partial charge in [0.15, 0.2) is 0 Å². The summed E-state index contributed by atoms with van der Waals surface area (Å²) in [6.45, 7) is 2.76. The number of carbonyl (C=O) groups excluding carboxylic acids is 1. The Balaban J connectivity index is 1.93. The molecule has 3 heterocycles. The van der Waals surface area contributed by atoms with Crippen molar-refractivity contribution in [1.29, 1.82) is 0 Å². The van der Waals surface area contributed by atoms with Crippen molar-refractivity contribution in [3.8, 4) is 0 Å². The number of pyridine rings is 1. The maximum atomic E-state index is 12.0. The number of halogens is 1. The minimum atomic E-state index is -0.166. The molecule has 2 aromatic heterocycles. The van der Waals surface area contributed by atoms with Gasteiger partial charge < -0.3 is 10.6 Å². The number of carbonyl (C=O) groups is 1. The van der Waals surface area contributed by atoms with Crippen molar-refractivity contribution in [2.75, 3.05) is 10.6 Å². The van der Waals surface area contributed by atoms with E-state index in [-0.39, 0.29) is 5.91 Å². The van der Waals surface area contributed by atoms with Crippen LogP contribution in [0.5, 0.6) is 0 Å². The monoisotopic (exact) mass is 333 g/mol. The number of nitrogens with one attached hydrogen (secondary N) is 2. The number of nitrogens with zero attached hydrogens (tertiary/aromatic N) is 3. The number of anilines is 2. The summed E-state index contributed by atoms with van der Waals surface area (Å²) < 4.78 is 2.64. The lowest BCUT2D eigenvalue weighted by atomic mass is 10.1. The van der Waals surface area contributed by atoms with E-state index in [0.29, 0.717) is 11.4 Å². The van der Waals surface area contributed by atoms with Crippen LogP contribution in [-0.2, 0) is 11.3 Å². The van der Waals surface area contributed by atoms with Crippen LogP contribution in [0.15, 0.2) is 35.2 Å². The van der Waals surface area contributed by atoms with Gasteiger partial charge in [-0.25, -0.2) is 9.67 Å². The molecule has 102 valence electrons. The second-order valence-corrected chi connectivity index (χ2v) is 5.15. The van der Waals surface area contributed by atoms with Gasteiger partial charge in [-0.3, -0.25) is 4.79 Å². The van der Waals surface area contributed by atoms with Crippen molar-refractivity contribution in [1.82, 2.24) is 14.8 Å². The van der Waals surface area contributed by atoms with Gasteiger partial charge in [-0.1, -0.05) is 0 Å². The predicted molar refractivity (Wildman–Crippen MR) is 80.1 cm³/mol. The van der Waals surface area contributed by atoms with Gasteiger partial charge in [0.2, 0.25) is 0 Å². The maximum Gasteiger partial charge on any atom is 0.259 e. The predicted octanol–water partition coefficient (Wildman–Crippen LogP) is 2.47. The van der Waals surface area contributed by atoms with E-state index in [2.05, 4.69) is 36.6 Å². The summed E-state index contributed by atoms with van der Waals surface area (Å²) in [6, 6.07) is 3.72. The zero-order valence-electron chi connectivity index (χ0n) is 10.7. The molecule has 20 heavy (non-hydrogen) atoms. The summed E-state index contributed by atoms with van der Waals surface area (Å²) in [5.74, 6) is 1.25. The Morgan fingerprint density at radius 3 is 3.20 bits per heavy atom. The molecule has 2 N–H and O–H groups in total. The Morgan fingerprint density at radius 2 is 2.40 bits per heavy atom. The quantitative estimate of drug-likeness (QED) is 0.846.